The van der Waals surface area contributed by atoms with Gasteiger partial charge in [0.2, 0.25) is 0 Å². The van der Waals surface area contributed by atoms with E-state index in [0.29, 0.717) is 28.8 Å². The highest BCUT2D eigenvalue weighted by Crippen LogP contribution is 2.24. The van der Waals surface area contributed by atoms with Gasteiger partial charge in [-0.25, -0.2) is 0 Å². The summed E-state index contributed by atoms with van der Waals surface area (Å²) in [6.07, 6.45) is 0.729. The lowest BCUT2D eigenvalue weighted by molar-refractivity contribution is -0.122. The summed E-state index contributed by atoms with van der Waals surface area (Å²) in [7, 11) is 0. The predicted octanol–water partition coefficient (Wildman–Crippen LogP) is 3.99. The van der Waals surface area contributed by atoms with Gasteiger partial charge in [-0.3, -0.25) is 4.79 Å². The number of benzene rings is 1. The van der Waals surface area contributed by atoms with E-state index in [4.69, 9.17) is 20.9 Å². The van der Waals surface area contributed by atoms with Crippen molar-refractivity contribution in [2.24, 2.45) is 0 Å². The lowest BCUT2D eigenvalue weighted by Crippen LogP contribution is -2.32. The van der Waals surface area contributed by atoms with Crippen LogP contribution in [0.2, 0.25) is 5.02 Å². The predicted molar refractivity (Wildman–Crippen MR) is 85.4 cm³/mol. The molecule has 6 heteroatoms. The largest absolute Gasteiger partial charge is 0.481 e. The second-order valence-corrected chi connectivity index (χ2v) is 5.34. The zero-order valence-corrected chi connectivity index (χ0v) is 13.6. The van der Waals surface area contributed by atoms with E-state index in [2.05, 4.69) is 10.5 Å². The molecule has 1 aromatic heterocycles. The zero-order valence-electron chi connectivity index (χ0n) is 12.9. The molecule has 1 N–H and O–H groups in total. The molecule has 0 radical (unpaired) electrons. The highest BCUT2D eigenvalue weighted by Gasteiger charge is 2.20. The average molecular weight is 323 g/mol. The summed E-state index contributed by atoms with van der Waals surface area (Å²) < 4.78 is 10.7. The Morgan fingerprint density at radius 1 is 1.41 bits per heavy atom. The van der Waals surface area contributed by atoms with Crippen LogP contribution in [-0.4, -0.2) is 17.2 Å². The molecule has 0 bridgehead atoms. The second-order valence-electron chi connectivity index (χ2n) is 4.93. The molecule has 0 aliphatic heterocycles. The van der Waals surface area contributed by atoms with Crippen molar-refractivity contribution in [2.45, 2.75) is 39.7 Å². The molecular weight excluding hydrogens is 304 g/mol. The summed E-state index contributed by atoms with van der Waals surface area (Å²) in [4.78, 5) is 12.2. The highest BCUT2D eigenvalue weighted by molar-refractivity contribution is 6.31. The molecule has 118 valence electrons. The standard InChI is InChI=1S/C16H19ClN2O3/c1-4-11-9-12(6-7-13(11)17)21-14(5-2)16(20)18-15-8-10(3)22-19-15/h6-9,14H,4-5H2,1-3H3,(H,18,19,20)/t14-/m1/s1. The Morgan fingerprint density at radius 3 is 2.77 bits per heavy atom. The number of hydrogen-bond acceptors (Lipinski definition) is 4. The van der Waals surface area contributed by atoms with Crippen LogP contribution in [0.5, 0.6) is 5.75 Å². The van der Waals surface area contributed by atoms with Crippen molar-refractivity contribution in [2.75, 3.05) is 5.32 Å². The molecule has 0 aliphatic rings. The molecule has 0 fully saturated rings. The number of halogens is 1. The minimum atomic E-state index is -0.608. The summed E-state index contributed by atoms with van der Waals surface area (Å²) in [5, 5.41) is 7.12. The fraction of sp³-hybridized carbons (Fsp3) is 0.375. The number of hydrogen-bond donors (Lipinski definition) is 1. The normalized spacial score (nSPS) is 12.0. The molecule has 1 amide bonds. The smallest absolute Gasteiger partial charge is 0.266 e. The number of ether oxygens (including phenoxy) is 1. The molecular formula is C16H19ClN2O3. The summed E-state index contributed by atoms with van der Waals surface area (Å²) in [6.45, 7) is 5.66. The number of nitrogens with zero attached hydrogens (tertiary/aromatic N) is 1. The van der Waals surface area contributed by atoms with E-state index in [1.807, 2.05) is 19.9 Å². The van der Waals surface area contributed by atoms with Crippen molar-refractivity contribution in [3.63, 3.8) is 0 Å². The minimum Gasteiger partial charge on any atom is -0.481 e. The number of carbonyl (C=O) groups is 1. The average Bonchev–Trinajstić information content (AvgIpc) is 2.91. The minimum absolute atomic E-state index is 0.260. The van der Waals surface area contributed by atoms with Crippen molar-refractivity contribution in [1.82, 2.24) is 5.16 Å². The number of carbonyl (C=O) groups excluding carboxylic acids is 1. The van der Waals surface area contributed by atoms with Crippen LogP contribution in [0.25, 0.3) is 0 Å². The molecule has 1 aromatic carbocycles. The Kier molecular flexibility index (Phi) is 5.44. The van der Waals surface area contributed by atoms with E-state index < -0.39 is 6.10 Å². The second kappa shape index (κ2) is 7.31. The van der Waals surface area contributed by atoms with Crippen LogP contribution in [0.1, 0.15) is 31.6 Å². The maximum atomic E-state index is 12.2. The third kappa shape index (κ3) is 4.01. The fourth-order valence-electron chi connectivity index (χ4n) is 2.01. The van der Waals surface area contributed by atoms with Crippen molar-refractivity contribution >= 4 is 23.3 Å². The molecule has 2 rings (SSSR count). The first-order valence-corrected chi connectivity index (χ1v) is 7.60. The molecule has 1 atom stereocenters. The van der Waals surface area contributed by atoms with Gasteiger partial charge in [0.05, 0.1) is 0 Å². The molecule has 2 aromatic rings. The molecule has 1 heterocycles. The van der Waals surface area contributed by atoms with Crippen LogP contribution in [0.3, 0.4) is 0 Å². The van der Waals surface area contributed by atoms with E-state index in [9.17, 15) is 4.79 Å². The lowest BCUT2D eigenvalue weighted by atomic mass is 10.1. The van der Waals surface area contributed by atoms with Gasteiger partial charge in [-0.1, -0.05) is 30.6 Å². The molecule has 0 spiro atoms. The Hall–Kier alpha value is -2.01. The van der Waals surface area contributed by atoms with Crippen LogP contribution < -0.4 is 10.1 Å². The van der Waals surface area contributed by atoms with Crippen molar-refractivity contribution < 1.29 is 14.1 Å². The zero-order chi connectivity index (χ0) is 16.1. The Morgan fingerprint density at radius 2 is 2.18 bits per heavy atom. The number of rotatable bonds is 6. The first-order chi connectivity index (χ1) is 10.5. The maximum Gasteiger partial charge on any atom is 0.266 e. The monoisotopic (exact) mass is 322 g/mol. The first-order valence-electron chi connectivity index (χ1n) is 7.22. The van der Waals surface area contributed by atoms with Crippen LogP contribution in [-0.2, 0) is 11.2 Å². The van der Waals surface area contributed by atoms with Crippen molar-refractivity contribution in [3.8, 4) is 5.75 Å². The van der Waals surface area contributed by atoms with Crippen molar-refractivity contribution in [1.29, 1.82) is 0 Å². The van der Waals surface area contributed by atoms with Gasteiger partial charge in [-0.05, 0) is 43.5 Å². The summed E-state index contributed by atoms with van der Waals surface area (Å²) in [5.41, 5.74) is 0.988. The topological polar surface area (TPSA) is 64.4 Å². The fourth-order valence-corrected chi connectivity index (χ4v) is 2.27. The van der Waals surface area contributed by atoms with E-state index >= 15 is 0 Å². The van der Waals surface area contributed by atoms with E-state index in [1.54, 1.807) is 25.1 Å². The SMILES string of the molecule is CCc1cc(O[C@H](CC)C(=O)Nc2cc(C)on2)ccc1Cl. The molecule has 0 saturated heterocycles. The highest BCUT2D eigenvalue weighted by atomic mass is 35.5. The third-order valence-electron chi connectivity index (χ3n) is 3.22. The Labute approximate surface area is 134 Å². The van der Waals surface area contributed by atoms with E-state index in [1.165, 1.54) is 0 Å². The molecule has 0 saturated carbocycles. The molecule has 22 heavy (non-hydrogen) atoms. The first kappa shape index (κ1) is 16.4. The third-order valence-corrected chi connectivity index (χ3v) is 3.59. The van der Waals surface area contributed by atoms with E-state index in [-0.39, 0.29) is 5.91 Å². The number of aryl methyl sites for hydroxylation is 2. The molecule has 0 aliphatic carbocycles. The quantitative estimate of drug-likeness (QED) is 0.873. The molecule has 0 unspecified atom stereocenters. The summed E-state index contributed by atoms with van der Waals surface area (Å²) in [5.74, 6) is 1.38. The number of nitrogens with one attached hydrogen (secondary N) is 1. The van der Waals surface area contributed by atoms with Crippen LogP contribution in [0.15, 0.2) is 28.8 Å². The van der Waals surface area contributed by atoms with Gasteiger partial charge in [0.1, 0.15) is 11.5 Å². The summed E-state index contributed by atoms with van der Waals surface area (Å²) in [6, 6.07) is 7.06. The number of anilines is 1. The van der Waals surface area contributed by atoms with Gasteiger partial charge in [0.25, 0.3) is 5.91 Å². The van der Waals surface area contributed by atoms with Gasteiger partial charge < -0.3 is 14.6 Å². The molecule has 5 nitrogen and oxygen atoms in total. The van der Waals surface area contributed by atoms with Gasteiger partial charge in [0, 0.05) is 11.1 Å². The van der Waals surface area contributed by atoms with Gasteiger partial charge in [-0.15, -0.1) is 0 Å². The number of aromatic nitrogens is 1. The van der Waals surface area contributed by atoms with Crippen LogP contribution in [0.4, 0.5) is 5.82 Å². The van der Waals surface area contributed by atoms with Crippen LogP contribution in [0, 0.1) is 6.92 Å². The Bertz CT molecular complexity index is 655. The van der Waals surface area contributed by atoms with Crippen molar-refractivity contribution in [3.05, 3.63) is 40.6 Å². The van der Waals surface area contributed by atoms with Crippen LogP contribution >= 0.6 is 11.6 Å². The lowest BCUT2D eigenvalue weighted by Gasteiger charge is -2.17. The summed E-state index contributed by atoms with van der Waals surface area (Å²) >= 11 is 6.09. The van der Waals surface area contributed by atoms with Gasteiger partial charge >= 0.3 is 0 Å². The van der Waals surface area contributed by atoms with E-state index in [0.717, 1.165) is 12.0 Å². The van der Waals surface area contributed by atoms with Gasteiger partial charge in [0.15, 0.2) is 11.9 Å². The van der Waals surface area contributed by atoms with Gasteiger partial charge in [-0.2, -0.15) is 0 Å². The Balaban J connectivity index is 2.06. The maximum absolute atomic E-state index is 12.2. The number of amides is 1.